The van der Waals surface area contributed by atoms with Crippen molar-refractivity contribution in [3.63, 3.8) is 0 Å². The molecule has 0 bridgehead atoms. The maximum absolute atomic E-state index is 11.5. The van der Waals surface area contributed by atoms with Gasteiger partial charge in [-0.05, 0) is 12.1 Å². The number of rotatable bonds is 4. The number of hydrogen-bond donors (Lipinski definition) is 1. The summed E-state index contributed by atoms with van der Waals surface area (Å²) in [5, 5.41) is 0.870. The molecule has 14 heavy (non-hydrogen) atoms. The predicted molar refractivity (Wildman–Crippen MR) is 49.8 cm³/mol. The van der Waals surface area contributed by atoms with E-state index in [9.17, 15) is 4.79 Å². The van der Waals surface area contributed by atoms with Crippen molar-refractivity contribution in [3.05, 3.63) is 35.9 Å². The van der Waals surface area contributed by atoms with Gasteiger partial charge < -0.3 is 0 Å². The van der Waals surface area contributed by atoms with E-state index in [-0.39, 0.29) is 5.91 Å². The van der Waals surface area contributed by atoms with Crippen molar-refractivity contribution in [2.75, 3.05) is 14.2 Å². The minimum Gasteiger partial charge on any atom is -0.268 e. The first-order valence-electron chi connectivity index (χ1n) is 4.02. The second-order valence-electron chi connectivity index (χ2n) is 2.43. The van der Waals surface area contributed by atoms with Gasteiger partial charge in [-0.3, -0.25) is 14.5 Å². The summed E-state index contributed by atoms with van der Waals surface area (Å²) in [5.41, 5.74) is 2.92. The Morgan fingerprint density at radius 1 is 1.21 bits per heavy atom. The van der Waals surface area contributed by atoms with Crippen LogP contribution >= 0.6 is 0 Å². The highest BCUT2D eigenvalue weighted by Crippen LogP contribution is 1.98. The summed E-state index contributed by atoms with van der Waals surface area (Å²) in [4.78, 5) is 20.8. The third-order valence-electron chi connectivity index (χ3n) is 1.56. The van der Waals surface area contributed by atoms with Gasteiger partial charge in [-0.25, -0.2) is 5.43 Å². The monoisotopic (exact) mass is 196 g/mol. The fourth-order valence-electron chi connectivity index (χ4n) is 0.903. The molecular weight excluding hydrogens is 184 g/mol. The molecule has 1 aromatic rings. The smallest absolute Gasteiger partial charge is 0.268 e. The standard InChI is InChI=1S/C9H12N2O3/c1-13-11(14-2)10-9(12)8-6-4-3-5-7-8/h3-7H,1-2H3,(H,10,12). The topological polar surface area (TPSA) is 50.8 Å². The molecule has 1 aromatic carbocycles. The molecule has 0 aliphatic carbocycles. The van der Waals surface area contributed by atoms with Gasteiger partial charge in [0.25, 0.3) is 5.91 Å². The van der Waals surface area contributed by atoms with Crippen molar-refractivity contribution in [1.82, 2.24) is 10.8 Å². The number of carbonyl (C=O) groups is 1. The van der Waals surface area contributed by atoms with Gasteiger partial charge in [0.15, 0.2) is 0 Å². The van der Waals surface area contributed by atoms with Crippen molar-refractivity contribution in [2.24, 2.45) is 0 Å². The van der Waals surface area contributed by atoms with Crippen molar-refractivity contribution in [1.29, 1.82) is 0 Å². The Kier molecular flexibility index (Phi) is 4.06. The highest BCUT2D eigenvalue weighted by Gasteiger charge is 2.08. The summed E-state index contributed by atoms with van der Waals surface area (Å²) in [7, 11) is 2.77. The number of hydrazine groups is 1. The second-order valence-corrected chi connectivity index (χ2v) is 2.43. The molecule has 0 fully saturated rings. The summed E-state index contributed by atoms with van der Waals surface area (Å²) >= 11 is 0. The molecular formula is C9H12N2O3. The fourth-order valence-corrected chi connectivity index (χ4v) is 0.903. The van der Waals surface area contributed by atoms with Gasteiger partial charge in [-0.2, -0.15) is 0 Å². The minimum absolute atomic E-state index is 0.297. The van der Waals surface area contributed by atoms with Gasteiger partial charge in [-0.15, -0.1) is 0 Å². The molecule has 1 N–H and O–H groups in total. The Balaban J connectivity index is 2.59. The number of nitrogens with one attached hydrogen (secondary N) is 1. The lowest BCUT2D eigenvalue weighted by Crippen LogP contribution is -2.40. The molecule has 76 valence electrons. The molecule has 0 atom stereocenters. The van der Waals surface area contributed by atoms with E-state index in [0.29, 0.717) is 5.56 Å². The number of benzene rings is 1. The number of hydrogen-bond acceptors (Lipinski definition) is 4. The third kappa shape index (κ3) is 2.81. The lowest BCUT2D eigenvalue weighted by molar-refractivity contribution is -0.364. The first-order chi connectivity index (χ1) is 6.77. The summed E-state index contributed by atoms with van der Waals surface area (Å²) in [6.45, 7) is 0. The summed E-state index contributed by atoms with van der Waals surface area (Å²) in [5.74, 6) is -0.297. The molecule has 5 nitrogen and oxygen atoms in total. The maximum atomic E-state index is 11.5. The summed E-state index contributed by atoms with van der Waals surface area (Å²) in [6, 6.07) is 8.77. The van der Waals surface area contributed by atoms with E-state index in [0.717, 1.165) is 5.34 Å². The van der Waals surface area contributed by atoms with Crippen LogP contribution in [0.3, 0.4) is 0 Å². The zero-order chi connectivity index (χ0) is 10.4. The van der Waals surface area contributed by atoms with Crippen molar-refractivity contribution < 1.29 is 14.5 Å². The normalized spacial score (nSPS) is 10.2. The highest BCUT2D eigenvalue weighted by molar-refractivity contribution is 5.93. The SMILES string of the molecule is CON(NC(=O)c1ccccc1)OC. The molecule has 0 saturated heterocycles. The largest absolute Gasteiger partial charge is 0.269 e. The van der Waals surface area contributed by atoms with Crippen LogP contribution in [0.2, 0.25) is 0 Å². The zero-order valence-electron chi connectivity index (χ0n) is 8.06. The molecule has 0 unspecified atom stereocenters. The van der Waals surface area contributed by atoms with Gasteiger partial charge in [-0.1, -0.05) is 18.2 Å². The van der Waals surface area contributed by atoms with Crippen LogP contribution in [0, 0.1) is 0 Å². The van der Waals surface area contributed by atoms with E-state index in [4.69, 9.17) is 0 Å². The van der Waals surface area contributed by atoms with E-state index in [1.165, 1.54) is 14.2 Å². The van der Waals surface area contributed by atoms with Crippen LogP contribution in [0.25, 0.3) is 0 Å². The van der Waals surface area contributed by atoms with Crippen LogP contribution in [0.5, 0.6) is 0 Å². The number of nitrogens with zero attached hydrogens (tertiary/aromatic N) is 1. The number of carbonyl (C=O) groups excluding carboxylic acids is 1. The molecule has 0 spiro atoms. The molecule has 0 aliphatic rings. The van der Waals surface area contributed by atoms with Gasteiger partial charge >= 0.3 is 0 Å². The predicted octanol–water partition coefficient (Wildman–Crippen LogP) is 0.756. The molecule has 1 rings (SSSR count). The van der Waals surface area contributed by atoms with Crippen LogP contribution in [0.15, 0.2) is 30.3 Å². The third-order valence-corrected chi connectivity index (χ3v) is 1.56. The van der Waals surface area contributed by atoms with Gasteiger partial charge in [0.1, 0.15) is 0 Å². The van der Waals surface area contributed by atoms with Crippen LogP contribution in [-0.2, 0) is 9.68 Å². The average Bonchev–Trinajstić information content (AvgIpc) is 2.26. The summed E-state index contributed by atoms with van der Waals surface area (Å²) < 4.78 is 0. The van der Waals surface area contributed by atoms with Crippen molar-refractivity contribution in [3.8, 4) is 0 Å². The quantitative estimate of drug-likeness (QED) is 0.722. The average molecular weight is 196 g/mol. The Bertz CT molecular complexity index is 285. The second kappa shape index (κ2) is 5.33. The Labute approximate surface area is 82.1 Å². The first kappa shape index (κ1) is 10.6. The van der Waals surface area contributed by atoms with Crippen LogP contribution in [-0.4, -0.2) is 25.5 Å². The fraction of sp³-hybridized carbons (Fsp3) is 0.222. The molecule has 0 aliphatic heterocycles. The number of amides is 1. The molecule has 0 saturated carbocycles. The van der Waals surface area contributed by atoms with E-state index in [2.05, 4.69) is 15.1 Å². The van der Waals surface area contributed by atoms with Gasteiger partial charge in [0.05, 0.1) is 14.2 Å². The van der Waals surface area contributed by atoms with Gasteiger partial charge in [0, 0.05) is 10.9 Å². The van der Waals surface area contributed by atoms with E-state index >= 15 is 0 Å². The van der Waals surface area contributed by atoms with E-state index in [1.807, 2.05) is 6.07 Å². The molecule has 0 aromatic heterocycles. The van der Waals surface area contributed by atoms with Crippen LogP contribution < -0.4 is 5.43 Å². The summed E-state index contributed by atoms with van der Waals surface area (Å²) in [6.07, 6.45) is 0. The lowest BCUT2D eigenvalue weighted by atomic mass is 10.2. The Hall–Kier alpha value is -1.43. The van der Waals surface area contributed by atoms with Crippen molar-refractivity contribution in [2.45, 2.75) is 0 Å². The zero-order valence-corrected chi connectivity index (χ0v) is 8.06. The molecule has 0 heterocycles. The van der Waals surface area contributed by atoms with Crippen LogP contribution in [0.4, 0.5) is 0 Å². The Morgan fingerprint density at radius 2 is 1.79 bits per heavy atom. The Morgan fingerprint density at radius 3 is 2.29 bits per heavy atom. The molecule has 1 amide bonds. The van der Waals surface area contributed by atoms with Gasteiger partial charge in [0.2, 0.25) is 0 Å². The van der Waals surface area contributed by atoms with E-state index < -0.39 is 0 Å². The van der Waals surface area contributed by atoms with Crippen molar-refractivity contribution >= 4 is 5.91 Å². The minimum atomic E-state index is -0.297. The maximum Gasteiger partial charge on any atom is 0.269 e. The molecule has 0 radical (unpaired) electrons. The first-order valence-corrected chi connectivity index (χ1v) is 4.02. The highest BCUT2D eigenvalue weighted by atomic mass is 17.0. The van der Waals surface area contributed by atoms with E-state index in [1.54, 1.807) is 24.3 Å². The van der Waals surface area contributed by atoms with Crippen LogP contribution in [0.1, 0.15) is 10.4 Å². The molecule has 5 heteroatoms. The lowest BCUT2D eigenvalue weighted by Gasteiger charge is -2.16.